The predicted molar refractivity (Wildman–Crippen MR) is 253 cm³/mol. The van der Waals surface area contributed by atoms with Crippen molar-refractivity contribution in [2.24, 2.45) is 22.9 Å². The summed E-state index contributed by atoms with van der Waals surface area (Å²) in [5.74, 6) is -2.03. The second kappa shape index (κ2) is 25.8. The molecule has 1 fully saturated rings. The third-order valence-corrected chi connectivity index (χ3v) is 13.5. The van der Waals surface area contributed by atoms with E-state index in [0.717, 1.165) is 68.1 Å². The number of rotatable bonds is 28. The number of carbonyl (C=O) groups is 1. The normalized spacial score (nSPS) is 22.6. The van der Waals surface area contributed by atoms with Gasteiger partial charge in [-0.1, -0.05) is 137 Å². The molecule has 65 heavy (non-hydrogen) atoms. The average Bonchev–Trinajstić information content (AvgIpc) is 3.31. The van der Waals surface area contributed by atoms with E-state index in [4.69, 9.17) is 24.2 Å². The summed E-state index contributed by atoms with van der Waals surface area (Å²) in [6.45, 7) is 7.07. The molecule has 0 radical (unpaired) electrons. The van der Waals surface area contributed by atoms with Crippen LogP contribution in [0.15, 0.2) is 102 Å². The van der Waals surface area contributed by atoms with Gasteiger partial charge in [-0.25, -0.2) is 9.18 Å². The van der Waals surface area contributed by atoms with Crippen LogP contribution in [0.4, 0.5) is 9.18 Å². The molecular formula is C54H73FN2O8. The molecule has 1 heterocycles. The Kier molecular flexibility index (Phi) is 19.8. The first kappa shape index (κ1) is 49.7. The van der Waals surface area contributed by atoms with Crippen LogP contribution in [-0.4, -0.2) is 70.3 Å². The number of aromatic hydroxyl groups is 1. The van der Waals surface area contributed by atoms with E-state index in [0.29, 0.717) is 29.9 Å². The number of phenolic OH excluding ortho intramolecular Hbond substituents is 1. The van der Waals surface area contributed by atoms with Crippen molar-refractivity contribution in [3.8, 4) is 11.5 Å². The molecule has 2 aliphatic carbocycles. The zero-order valence-electron chi connectivity index (χ0n) is 38.6. The topological polar surface area (TPSA) is 130 Å². The number of aliphatic hydroxyl groups is 2. The van der Waals surface area contributed by atoms with Crippen molar-refractivity contribution < 1.29 is 43.6 Å². The van der Waals surface area contributed by atoms with Gasteiger partial charge in [0.15, 0.2) is 0 Å². The first-order valence-electron chi connectivity index (χ1n) is 24.4. The van der Waals surface area contributed by atoms with Crippen LogP contribution in [0.1, 0.15) is 139 Å². The summed E-state index contributed by atoms with van der Waals surface area (Å²) in [5.41, 5.74) is 4.03. The summed E-state index contributed by atoms with van der Waals surface area (Å²) < 4.78 is 34.9. The summed E-state index contributed by atoms with van der Waals surface area (Å²) >= 11 is 0. The molecule has 0 aromatic heterocycles. The van der Waals surface area contributed by atoms with Crippen LogP contribution in [0.2, 0.25) is 0 Å². The maximum absolute atomic E-state index is 14.9. The molecular weight excluding hydrogens is 824 g/mol. The number of carbonyl (C=O) groups excluding carboxylic acids is 1. The Bertz CT molecular complexity index is 1970. The van der Waals surface area contributed by atoms with Crippen molar-refractivity contribution >= 4 is 11.8 Å². The van der Waals surface area contributed by atoms with Gasteiger partial charge in [0.2, 0.25) is 5.79 Å². The molecule has 3 aromatic rings. The Hall–Kier alpha value is -4.71. The molecule has 3 aliphatic rings. The summed E-state index contributed by atoms with van der Waals surface area (Å²) in [6.07, 6.45) is 19.6. The molecule has 354 valence electrons. The van der Waals surface area contributed by atoms with E-state index in [1.54, 1.807) is 41.3 Å². The maximum Gasteiger partial charge on any atom is 0.410 e. The van der Waals surface area contributed by atoms with Crippen LogP contribution in [0.3, 0.4) is 0 Å². The van der Waals surface area contributed by atoms with Crippen LogP contribution in [-0.2, 0) is 27.5 Å². The fraction of sp³-hybridized carbons (Fsp3) is 0.556. The molecule has 11 heteroatoms. The van der Waals surface area contributed by atoms with Crippen LogP contribution in [0, 0.1) is 23.6 Å². The van der Waals surface area contributed by atoms with Gasteiger partial charge >= 0.3 is 6.09 Å². The molecule has 1 saturated carbocycles. The Balaban J connectivity index is 1.43. The molecule has 6 rings (SSSR count). The standard InChI is InChI=1S/C54H73FN2O8/c1-3-5-6-7-8-9-10-11-12-20-34-62-53(61)57(38-40-25-27-43(55)28-26-40)50-37-48(56-64-39-41-21-14-13-15-22-41)46-35-42(23-16-18-31-58)45(24-17-19-32-59)51-47-36-44(60)29-30-49(47)65-54(50,52(46)51)63-33-4-2/h4,13-15,21-22,25-30,35-36,42,45,50-52,58-60H,2-3,5-12,16-20,23-24,31-34,37-39H2,1H3/t42-,45+,50-,51+,52+,54+/m0/s1. The SMILES string of the molecule is C=CCO[C@@]12Oc3ccc(O)cc3[C@H]3[C@H](CCCCO)[C@@H](CCCCO)C=C(C(=NOCc4ccccc4)C[C@@H]1N(Cc1ccc(F)cc1)C(=O)OCCCCCCCCCCCC)[C@H]32. The Morgan fingerprint density at radius 2 is 1.57 bits per heavy atom. The number of unbranched alkanes of at least 4 members (excludes halogenated alkanes) is 11. The predicted octanol–water partition coefficient (Wildman–Crippen LogP) is 11.9. The van der Waals surface area contributed by atoms with Crippen LogP contribution in [0.25, 0.3) is 0 Å². The molecule has 1 aliphatic heterocycles. The second-order valence-electron chi connectivity index (χ2n) is 18.1. The molecule has 0 spiro atoms. The quantitative estimate of drug-likeness (QED) is 0.0373. The van der Waals surface area contributed by atoms with Gasteiger partial charge in [0, 0.05) is 37.7 Å². The Morgan fingerprint density at radius 1 is 0.877 bits per heavy atom. The molecule has 6 atom stereocenters. The third-order valence-electron chi connectivity index (χ3n) is 13.5. The Morgan fingerprint density at radius 3 is 2.26 bits per heavy atom. The lowest BCUT2D eigenvalue weighted by Crippen LogP contribution is -2.70. The molecule has 0 saturated heterocycles. The largest absolute Gasteiger partial charge is 0.508 e. The molecule has 3 aromatic carbocycles. The number of fused-ring (bicyclic) bond motifs is 2. The highest BCUT2D eigenvalue weighted by Crippen LogP contribution is 2.62. The van der Waals surface area contributed by atoms with Crippen molar-refractivity contribution in [3.63, 3.8) is 0 Å². The fourth-order valence-electron chi connectivity index (χ4n) is 10.3. The zero-order valence-corrected chi connectivity index (χ0v) is 38.6. The lowest BCUT2D eigenvalue weighted by molar-refractivity contribution is -0.256. The van der Waals surface area contributed by atoms with Crippen LogP contribution < -0.4 is 4.74 Å². The first-order valence-corrected chi connectivity index (χ1v) is 24.4. The first-order chi connectivity index (χ1) is 31.8. The molecule has 0 unspecified atom stereocenters. The van der Waals surface area contributed by atoms with Crippen molar-refractivity contribution in [2.75, 3.05) is 26.4 Å². The van der Waals surface area contributed by atoms with Gasteiger partial charge in [-0.2, -0.15) is 0 Å². The van der Waals surface area contributed by atoms with E-state index >= 15 is 0 Å². The van der Waals surface area contributed by atoms with Crippen molar-refractivity contribution in [1.29, 1.82) is 0 Å². The molecule has 3 N–H and O–H groups in total. The number of halogens is 1. The van der Waals surface area contributed by atoms with E-state index in [1.165, 1.54) is 50.7 Å². The number of benzene rings is 3. The van der Waals surface area contributed by atoms with Gasteiger partial charge in [0.1, 0.15) is 30.0 Å². The highest BCUT2D eigenvalue weighted by atomic mass is 19.1. The molecule has 10 nitrogen and oxygen atoms in total. The summed E-state index contributed by atoms with van der Waals surface area (Å²) in [7, 11) is 0. The van der Waals surface area contributed by atoms with Gasteiger partial charge < -0.3 is 34.4 Å². The maximum atomic E-state index is 14.9. The molecule has 0 bridgehead atoms. The number of oxime groups is 1. The van der Waals surface area contributed by atoms with Crippen molar-refractivity contribution in [2.45, 2.75) is 147 Å². The van der Waals surface area contributed by atoms with E-state index in [-0.39, 0.29) is 75.3 Å². The monoisotopic (exact) mass is 897 g/mol. The van der Waals surface area contributed by atoms with Gasteiger partial charge in [-0.15, -0.1) is 6.58 Å². The van der Waals surface area contributed by atoms with Gasteiger partial charge in [0.25, 0.3) is 0 Å². The summed E-state index contributed by atoms with van der Waals surface area (Å²) in [5, 5.41) is 35.8. The van der Waals surface area contributed by atoms with Crippen LogP contribution in [0.5, 0.6) is 11.5 Å². The van der Waals surface area contributed by atoms with E-state index < -0.39 is 23.8 Å². The minimum absolute atomic E-state index is 0.00391. The fourth-order valence-corrected chi connectivity index (χ4v) is 10.3. The lowest BCUT2D eigenvalue weighted by atomic mass is 9.55. The minimum Gasteiger partial charge on any atom is -0.508 e. The summed E-state index contributed by atoms with van der Waals surface area (Å²) in [4.78, 5) is 22.8. The smallest absolute Gasteiger partial charge is 0.410 e. The van der Waals surface area contributed by atoms with Gasteiger partial charge in [-0.05, 0) is 91.0 Å². The number of aliphatic hydroxyl groups excluding tert-OH is 2. The highest BCUT2D eigenvalue weighted by molar-refractivity contribution is 6.03. The van der Waals surface area contributed by atoms with Gasteiger partial charge in [0.05, 0.1) is 24.8 Å². The zero-order chi connectivity index (χ0) is 45.9. The number of hydrogen-bond acceptors (Lipinski definition) is 9. The van der Waals surface area contributed by atoms with Gasteiger partial charge in [-0.3, -0.25) is 4.90 Å². The summed E-state index contributed by atoms with van der Waals surface area (Å²) in [6, 6.07) is 20.3. The number of ether oxygens (including phenoxy) is 3. The molecule has 1 amide bonds. The van der Waals surface area contributed by atoms with Crippen molar-refractivity contribution in [1.82, 2.24) is 4.90 Å². The number of hydrogen-bond donors (Lipinski definition) is 3. The Labute approximate surface area is 386 Å². The van der Waals surface area contributed by atoms with E-state index in [1.807, 2.05) is 30.3 Å². The second-order valence-corrected chi connectivity index (χ2v) is 18.1. The number of nitrogens with zero attached hydrogens (tertiary/aromatic N) is 2. The number of allylic oxidation sites excluding steroid dienone is 1. The van der Waals surface area contributed by atoms with E-state index in [2.05, 4.69) is 19.6 Å². The minimum atomic E-state index is -1.51. The van der Waals surface area contributed by atoms with E-state index in [9.17, 15) is 24.5 Å². The van der Waals surface area contributed by atoms with Crippen molar-refractivity contribution in [3.05, 3.63) is 120 Å². The number of phenols is 1. The highest BCUT2D eigenvalue weighted by Gasteiger charge is 2.65. The average molecular weight is 897 g/mol. The third kappa shape index (κ3) is 13.2. The number of amides is 1. The lowest BCUT2D eigenvalue weighted by Gasteiger charge is -2.59. The van der Waals surface area contributed by atoms with Crippen LogP contribution >= 0.6 is 0 Å².